The number of aromatic nitrogens is 2. The maximum atomic E-state index is 12.6. The van der Waals surface area contributed by atoms with Crippen LogP contribution in [0.3, 0.4) is 0 Å². The normalized spacial score (nSPS) is 27.6. The monoisotopic (exact) mass is 253 g/mol. The van der Waals surface area contributed by atoms with Crippen LogP contribution in [-0.4, -0.2) is 23.1 Å². The van der Waals surface area contributed by atoms with E-state index in [0.29, 0.717) is 5.82 Å². The number of rotatable bonds is 2. The largest absolute Gasteiger partial charge is 0.356 e. The van der Waals surface area contributed by atoms with Crippen molar-refractivity contribution < 1.29 is 8.78 Å². The molecule has 0 radical (unpaired) electrons. The van der Waals surface area contributed by atoms with Crippen LogP contribution in [0.15, 0.2) is 12.4 Å². The highest BCUT2D eigenvalue weighted by molar-refractivity contribution is 5.41. The van der Waals surface area contributed by atoms with Gasteiger partial charge in [0.1, 0.15) is 17.8 Å². The van der Waals surface area contributed by atoms with E-state index in [9.17, 15) is 8.78 Å². The molecule has 2 aliphatic rings. The lowest BCUT2D eigenvalue weighted by Crippen LogP contribution is -2.21. The first-order valence-corrected chi connectivity index (χ1v) is 6.59. The molecule has 98 valence electrons. The van der Waals surface area contributed by atoms with Crippen LogP contribution in [0.25, 0.3) is 0 Å². The van der Waals surface area contributed by atoms with Gasteiger partial charge in [0.2, 0.25) is 0 Å². The molecule has 1 aromatic heterocycles. The van der Waals surface area contributed by atoms with Gasteiger partial charge < -0.3 is 4.90 Å². The van der Waals surface area contributed by atoms with Gasteiger partial charge in [-0.1, -0.05) is 12.8 Å². The molecule has 1 aliphatic carbocycles. The first-order chi connectivity index (χ1) is 8.74. The van der Waals surface area contributed by atoms with Gasteiger partial charge in [-0.05, 0) is 24.7 Å². The van der Waals surface area contributed by atoms with E-state index in [-0.39, 0.29) is 5.69 Å². The molecule has 1 aromatic rings. The van der Waals surface area contributed by atoms with Crippen LogP contribution < -0.4 is 4.90 Å². The van der Waals surface area contributed by atoms with Gasteiger partial charge in [-0.2, -0.15) is 0 Å². The van der Waals surface area contributed by atoms with Gasteiger partial charge in [0.15, 0.2) is 0 Å². The average molecular weight is 253 g/mol. The number of hydrogen-bond donors (Lipinski definition) is 0. The zero-order chi connectivity index (χ0) is 12.5. The molecule has 5 heteroatoms. The van der Waals surface area contributed by atoms with Crippen molar-refractivity contribution in [3.8, 4) is 0 Å². The topological polar surface area (TPSA) is 29.0 Å². The number of fused-ring (bicyclic) bond motifs is 1. The Balaban J connectivity index is 1.77. The van der Waals surface area contributed by atoms with Gasteiger partial charge in [0.25, 0.3) is 6.43 Å². The molecule has 0 spiro atoms. The summed E-state index contributed by atoms with van der Waals surface area (Å²) in [6.07, 6.45) is 3.89. The SMILES string of the molecule is FC(F)c1cc(N2CC3CCCCC3C2)ncn1. The number of anilines is 1. The summed E-state index contributed by atoms with van der Waals surface area (Å²) < 4.78 is 25.2. The molecular weight excluding hydrogens is 236 g/mol. The fourth-order valence-electron chi connectivity index (χ4n) is 3.25. The Kier molecular flexibility index (Phi) is 3.14. The quantitative estimate of drug-likeness (QED) is 0.811. The third-order valence-electron chi connectivity index (χ3n) is 4.20. The molecule has 1 aliphatic heterocycles. The maximum Gasteiger partial charge on any atom is 0.280 e. The third-order valence-corrected chi connectivity index (χ3v) is 4.20. The fourth-order valence-corrected chi connectivity index (χ4v) is 3.25. The summed E-state index contributed by atoms with van der Waals surface area (Å²) >= 11 is 0. The Morgan fingerprint density at radius 3 is 2.39 bits per heavy atom. The minimum Gasteiger partial charge on any atom is -0.356 e. The van der Waals surface area contributed by atoms with Crippen LogP contribution in [0.4, 0.5) is 14.6 Å². The second kappa shape index (κ2) is 4.78. The van der Waals surface area contributed by atoms with Gasteiger partial charge in [-0.25, -0.2) is 18.7 Å². The minimum atomic E-state index is -2.52. The molecule has 3 rings (SSSR count). The van der Waals surface area contributed by atoms with E-state index >= 15 is 0 Å². The summed E-state index contributed by atoms with van der Waals surface area (Å²) in [6, 6.07) is 1.43. The lowest BCUT2D eigenvalue weighted by molar-refractivity contribution is 0.146. The molecular formula is C13H17F2N3. The van der Waals surface area contributed by atoms with Crippen LogP contribution >= 0.6 is 0 Å². The molecule has 2 atom stereocenters. The van der Waals surface area contributed by atoms with Crippen molar-refractivity contribution in [1.29, 1.82) is 0 Å². The van der Waals surface area contributed by atoms with Gasteiger partial charge in [0, 0.05) is 19.2 Å². The number of nitrogens with zero attached hydrogens (tertiary/aromatic N) is 3. The van der Waals surface area contributed by atoms with Crippen molar-refractivity contribution in [1.82, 2.24) is 9.97 Å². The Morgan fingerprint density at radius 2 is 1.78 bits per heavy atom. The van der Waals surface area contributed by atoms with Crippen molar-refractivity contribution in [3.63, 3.8) is 0 Å². The molecule has 1 saturated carbocycles. The Labute approximate surface area is 105 Å². The van der Waals surface area contributed by atoms with Crippen molar-refractivity contribution in [2.24, 2.45) is 11.8 Å². The summed E-state index contributed by atoms with van der Waals surface area (Å²) in [5.41, 5.74) is -0.171. The summed E-state index contributed by atoms with van der Waals surface area (Å²) in [5.74, 6) is 2.11. The predicted octanol–water partition coefficient (Wildman–Crippen LogP) is 3.04. The smallest absolute Gasteiger partial charge is 0.280 e. The Hall–Kier alpha value is -1.26. The van der Waals surface area contributed by atoms with Gasteiger partial charge in [0.05, 0.1) is 0 Å². The van der Waals surface area contributed by atoms with Crippen LogP contribution in [0, 0.1) is 11.8 Å². The zero-order valence-corrected chi connectivity index (χ0v) is 10.2. The molecule has 2 fully saturated rings. The molecule has 18 heavy (non-hydrogen) atoms. The first kappa shape index (κ1) is 11.8. The Morgan fingerprint density at radius 1 is 1.11 bits per heavy atom. The fraction of sp³-hybridized carbons (Fsp3) is 0.692. The summed E-state index contributed by atoms with van der Waals surface area (Å²) in [5, 5.41) is 0. The number of alkyl halides is 2. The van der Waals surface area contributed by atoms with Gasteiger partial charge >= 0.3 is 0 Å². The lowest BCUT2D eigenvalue weighted by Gasteiger charge is -2.22. The van der Waals surface area contributed by atoms with Gasteiger partial charge in [-0.3, -0.25) is 0 Å². The zero-order valence-electron chi connectivity index (χ0n) is 10.2. The molecule has 1 saturated heterocycles. The average Bonchev–Trinajstić information content (AvgIpc) is 2.82. The first-order valence-electron chi connectivity index (χ1n) is 6.59. The van der Waals surface area contributed by atoms with Crippen molar-refractivity contribution in [2.75, 3.05) is 18.0 Å². The minimum absolute atomic E-state index is 0.171. The van der Waals surface area contributed by atoms with E-state index in [1.165, 1.54) is 38.1 Å². The molecule has 0 N–H and O–H groups in total. The van der Waals surface area contributed by atoms with Gasteiger partial charge in [-0.15, -0.1) is 0 Å². The van der Waals surface area contributed by atoms with Crippen molar-refractivity contribution >= 4 is 5.82 Å². The van der Waals surface area contributed by atoms with Crippen LogP contribution in [0.2, 0.25) is 0 Å². The summed E-state index contributed by atoms with van der Waals surface area (Å²) in [4.78, 5) is 9.90. The molecule has 2 heterocycles. The molecule has 0 amide bonds. The molecule has 2 unspecified atom stereocenters. The van der Waals surface area contributed by atoms with E-state index in [1.54, 1.807) is 0 Å². The highest BCUT2D eigenvalue weighted by atomic mass is 19.3. The van der Waals surface area contributed by atoms with Crippen molar-refractivity contribution in [3.05, 3.63) is 18.1 Å². The van der Waals surface area contributed by atoms with E-state index in [0.717, 1.165) is 24.9 Å². The second-order valence-electron chi connectivity index (χ2n) is 5.31. The lowest BCUT2D eigenvalue weighted by atomic mass is 9.82. The Bertz CT molecular complexity index is 410. The van der Waals surface area contributed by atoms with Crippen LogP contribution in [0.5, 0.6) is 0 Å². The summed E-state index contributed by atoms with van der Waals surface area (Å²) in [6.45, 7) is 1.93. The third kappa shape index (κ3) is 2.18. The maximum absolute atomic E-state index is 12.6. The highest BCUT2D eigenvalue weighted by Gasteiger charge is 2.35. The molecule has 3 nitrogen and oxygen atoms in total. The standard InChI is InChI=1S/C13H17F2N3/c14-13(15)11-5-12(17-8-16-11)18-6-9-3-1-2-4-10(9)7-18/h5,8-10,13H,1-4,6-7H2. The molecule has 0 bridgehead atoms. The van der Waals surface area contributed by atoms with Crippen LogP contribution in [0.1, 0.15) is 37.8 Å². The van der Waals surface area contributed by atoms with E-state index < -0.39 is 6.43 Å². The van der Waals surface area contributed by atoms with Crippen molar-refractivity contribution in [2.45, 2.75) is 32.1 Å². The van der Waals surface area contributed by atoms with Crippen LogP contribution in [-0.2, 0) is 0 Å². The van der Waals surface area contributed by atoms with E-state index in [4.69, 9.17) is 0 Å². The highest BCUT2D eigenvalue weighted by Crippen LogP contribution is 2.37. The summed E-state index contributed by atoms with van der Waals surface area (Å²) in [7, 11) is 0. The number of hydrogen-bond acceptors (Lipinski definition) is 3. The predicted molar refractivity (Wildman–Crippen MR) is 64.7 cm³/mol. The van der Waals surface area contributed by atoms with E-state index in [1.807, 2.05) is 0 Å². The number of halogens is 2. The molecule has 0 aromatic carbocycles. The van der Waals surface area contributed by atoms with E-state index in [2.05, 4.69) is 14.9 Å². The second-order valence-corrected chi connectivity index (χ2v) is 5.31.